The average molecular weight is 496 g/mol. The van der Waals surface area contributed by atoms with Crippen LogP contribution >= 0.6 is 23.3 Å². The molecule has 5 heterocycles. The SMILES string of the molecule is CSN1C[C@H]2C[C@H]1CN2Cc1cc2nc(-c3cccc(N)c3C=N)nc(N3CCOCC3)c2s1. The van der Waals surface area contributed by atoms with Gasteiger partial charge in [0.15, 0.2) is 11.6 Å². The van der Waals surface area contributed by atoms with Gasteiger partial charge in [0.2, 0.25) is 0 Å². The number of nitrogens with zero attached hydrogens (tertiary/aromatic N) is 5. The fraction of sp³-hybridized carbons (Fsp3) is 0.458. The van der Waals surface area contributed by atoms with E-state index < -0.39 is 0 Å². The quantitative estimate of drug-likeness (QED) is 0.306. The fourth-order valence-corrected chi connectivity index (χ4v) is 7.33. The Morgan fingerprint density at radius 1 is 1.24 bits per heavy atom. The second-order valence-corrected chi connectivity index (χ2v) is 11.1. The largest absolute Gasteiger partial charge is 0.398 e. The minimum absolute atomic E-state index is 0.568. The third-order valence-electron chi connectivity index (χ3n) is 7.14. The van der Waals surface area contributed by atoms with Crippen LogP contribution in [0.1, 0.15) is 16.9 Å². The molecule has 34 heavy (non-hydrogen) atoms. The van der Waals surface area contributed by atoms with Gasteiger partial charge in [-0.2, -0.15) is 0 Å². The van der Waals surface area contributed by atoms with E-state index in [1.54, 1.807) is 0 Å². The van der Waals surface area contributed by atoms with E-state index in [0.717, 1.165) is 54.3 Å². The lowest BCUT2D eigenvalue weighted by Crippen LogP contribution is -2.42. The number of fused-ring (bicyclic) bond motifs is 3. The summed E-state index contributed by atoms with van der Waals surface area (Å²) in [5, 5.41) is 7.89. The van der Waals surface area contributed by atoms with Gasteiger partial charge in [0, 0.05) is 72.7 Å². The van der Waals surface area contributed by atoms with E-state index in [0.29, 0.717) is 42.4 Å². The van der Waals surface area contributed by atoms with Gasteiger partial charge in [-0.25, -0.2) is 14.3 Å². The molecule has 8 nitrogen and oxygen atoms in total. The van der Waals surface area contributed by atoms with Gasteiger partial charge >= 0.3 is 0 Å². The monoisotopic (exact) mass is 495 g/mol. The first-order valence-electron chi connectivity index (χ1n) is 11.7. The summed E-state index contributed by atoms with van der Waals surface area (Å²) in [5.74, 6) is 1.59. The smallest absolute Gasteiger partial charge is 0.162 e. The van der Waals surface area contributed by atoms with Gasteiger partial charge in [-0.15, -0.1) is 11.3 Å². The maximum absolute atomic E-state index is 7.89. The molecule has 0 radical (unpaired) electrons. The molecule has 3 fully saturated rings. The van der Waals surface area contributed by atoms with E-state index in [-0.39, 0.29) is 0 Å². The molecular formula is C24H29N7OS2. The van der Waals surface area contributed by atoms with Gasteiger partial charge in [-0.05, 0) is 24.8 Å². The van der Waals surface area contributed by atoms with Crippen LogP contribution in [0, 0.1) is 5.41 Å². The zero-order valence-corrected chi connectivity index (χ0v) is 20.9. The van der Waals surface area contributed by atoms with Crippen LogP contribution in [0.4, 0.5) is 11.5 Å². The van der Waals surface area contributed by atoms with Crippen molar-refractivity contribution in [3.05, 3.63) is 34.7 Å². The number of rotatable bonds is 6. The minimum atomic E-state index is 0.568. The molecule has 3 aliphatic rings. The van der Waals surface area contributed by atoms with Crippen molar-refractivity contribution in [2.24, 2.45) is 0 Å². The third kappa shape index (κ3) is 3.87. The van der Waals surface area contributed by atoms with Crippen molar-refractivity contribution in [3.8, 4) is 11.4 Å². The molecule has 6 rings (SSSR count). The highest BCUT2D eigenvalue weighted by Crippen LogP contribution is 2.39. The van der Waals surface area contributed by atoms with E-state index in [1.807, 2.05) is 41.5 Å². The maximum Gasteiger partial charge on any atom is 0.162 e. The molecule has 0 spiro atoms. The van der Waals surface area contributed by atoms with Crippen LogP contribution in [0.25, 0.3) is 21.6 Å². The molecule has 2 atom stereocenters. The first-order valence-corrected chi connectivity index (χ1v) is 13.7. The van der Waals surface area contributed by atoms with Crippen LogP contribution in [0.15, 0.2) is 24.3 Å². The zero-order chi connectivity index (χ0) is 23.2. The Balaban J connectivity index is 1.39. The van der Waals surface area contributed by atoms with Gasteiger partial charge in [-0.1, -0.05) is 24.1 Å². The molecular weight excluding hydrogens is 466 g/mol. The average Bonchev–Trinajstić information content (AvgIpc) is 3.57. The van der Waals surface area contributed by atoms with Gasteiger partial charge in [0.1, 0.15) is 0 Å². The number of thiophene rings is 1. The predicted octanol–water partition coefficient (Wildman–Crippen LogP) is 3.31. The van der Waals surface area contributed by atoms with E-state index in [4.69, 9.17) is 25.8 Å². The summed E-state index contributed by atoms with van der Waals surface area (Å²) < 4.78 is 9.27. The normalized spacial score (nSPS) is 23.3. The van der Waals surface area contributed by atoms with Crippen LogP contribution in [-0.4, -0.2) is 83.1 Å². The second kappa shape index (κ2) is 9.09. The van der Waals surface area contributed by atoms with Crippen molar-refractivity contribution in [2.45, 2.75) is 25.0 Å². The van der Waals surface area contributed by atoms with Crippen LogP contribution in [0.5, 0.6) is 0 Å². The minimum Gasteiger partial charge on any atom is -0.398 e. The summed E-state index contributed by atoms with van der Waals surface area (Å²) in [7, 11) is 0. The van der Waals surface area contributed by atoms with Crippen molar-refractivity contribution >= 4 is 51.2 Å². The molecule has 0 aliphatic carbocycles. The number of hydrogen-bond acceptors (Lipinski definition) is 10. The highest BCUT2D eigenvalue weighted by molar-refractivity contribution is 7.96. The molecule has 1 aromatic carbocycles. The second-order valence-electron chi connectivity index (χ2n) is 9.11. The third-order valence-corrected chi connectivity index (χ3v) is 9.16. The number of nitrogens with one attached hydrogen (secondary N) is 1. The summed E-state index contributed by atoms with van der Waals surface area (Å²) in [6, 6.07) is 9.23. The molecule has 3 N–H and O–H groups in total. The summed E-state index contributed by atoms with van der Waals surface area (Å²) in [6.07, 6.45) is 4.76. The number of ether oxygens (including phenoxy) is 1. The first-order chi connectivity index (χ1) is 16.6. The topological polar surface area (TPSA) is 94.6 Å². The maximum atomic E-state index is 7.89. The first kappa shape index (κ1) is 22.2. The Labute approximate surface area is 207 Å². The number of aromatic nitrogens is 2. The molecule has 0 unspecified atom stereocenters. The number of hydrogen-bond donors (Lipinski definition) is 2. The number of nitrogen functional groups attached to an aromatic ring is 1. The van der Waals surface area contributed by atoms with Crippen molar-refractivity contribution in [1.29, 1.82) is 5.41 Å². The lowest BCUT2D eigenvalue weighted by atomic mass is 10.1. The lowest BCUT2D eigenvalue weighted by molar-refractivity contribution is 0.122. The summed E-state index contributed by atoms with van der Waals surface area (Å²) in [5.41, 5.74) is 9.17. The Bertz CT molecular complexity index is 1230. The molecule has 10 heteroatoms. The summed E-state index contributed by atoms with van der Waals surface area (Å²) >= 11 is 3.70. The molecule has 0 amide bonds. The Morgan fingerprint density at radius 3 is 2.82 bits per heavy atom. The van der Waals surface area contributed by atoms with E-state index >= 15 is 0 Å². The van der Waals surface area contributed by atoms with E-state index in [9.17, 15) is 0 Å². The number of benzene rings is 1. The van der Waals surface area contributed by atoms with Crippen molar-refractivity contribution in [2.75, 3.05) is 56.3 Å². The van der Waals surface area contributed by atoms with Crippen molar-refractivity contribution in [3.63, 3.8) is 0 Å². The van der Waals surface area contributed by atoms with Crippen LogP contribution in [0.3, 0.4) is 0 Å². The number of piperazine rings is 1. The standard InChI is InChI=1S/C24H29N7OS2/c1-33-31-13-15-9-16(31)12-30(15)14-17-10-21-22(34-17)24(29-5-7-32-8-6-29)28-23(27-21)18-3-2-4-20(26)19(18)11-25/h2-4,10-11,15-16,25H,5-9,12-14,26H2,1H3/t15-,16+/m1/s1. The Morgan fingerprint density at radius 2 is 2.09 bits per heavy atom. The highest BCUT2D eigenvalue weighted by atomic mass is 32.2. The van der Waals surface area contributed by atoms with Gasteiger partial charge in [0.05, 0.1) is 23.4 Å². The van der Waals surface area contributed by atoms with Crippen LogP contribution in [0.2, 0.25) is 0 Å². The van der Waals surface area contributed by atoms with E-state index in [1.165, 1.54) is 17.5 Å². The van der Waals surface area contributed by atoms with Crippen LogP contribution < -0.4 is 10.6 Å². The van der Waals surface area contributed by atoms with Gasteiger partial charge in [0.25, 0.3) is 0 Å². The van der Waals surface area contributed by atoms with Crippen LogP contribution in [-0.2, 0) is 11.3 Å². The molecule has 2 aromatic heterocycles. The number of nitrogens with two attached hydrogens (primary N) is 1. The molecule has 3 aromatic rings. The molecule has 3 aliphatic heterocycles. The van der Waals surface area contributed by atoms with Gasteiger partial charge in [-0.3, -0.25) is 4.90 Å². The number of likely N-dealkylation sites (tertiary alicyclic amines) is 1. The Kier molecular flexibility index (Phi) is 5.94. The predicted molar refractivity (Wildman–Crippen MR) is 141 cm³/mol. The van der Waals surface area contributed by atoms with Gasteiger partial charge < -0.3 is 20.8 Å². The van der Waals surface area contributed by atoms with Crippen molar-refractivity contribution in [1.82, 2.24) is 19.2 Å². The fourth-order valence-electron chi connectivity index (χ4n) is 5.42. The Hall–Kier alpha value is -2.24. The molecule has 3 saturated heterocycles. The number of anilines is 2. The summed E-state index contributed by atoms with van der Waals surface area (Å²) in [6.45, 7) is 6.28. The number of morpholine rings is 1. The van der Waals surface area contributed by atoms with E-state index in [2.05, 4.69) is 26.4 Å². The van der Waals surface area contributed by atoms with Crippen molar-refractivity contribution < 1.29 is 4.74 Å². The lowest BCUT2D eigenvalue weighted by Gasteiger charge is -2.32. The molecule has 2 bridgehead atoms. The molecule has 0 saturated carbocycles. The highest BCUT2D eigenvalue weighted by Gasteiger charge is 2.43. The summed E-state index contributed by atoms with van der Waals surface area (Å²) in [4.78, 5) is 16.3. The zero-order valence-electron chi connectivity index (χ0n) is 19.2. The molecule has 178 valence electrons.